The van der Waals surface area contributed by atoms with E-state index in [0.717, 1.165) is 31.2 Å². The summed E-state index contributed by atoms with van der Waals surface area (Å²) >= 11 is 0. The molecule has 0 aliphatic heterocycles. The van der Waals surface area contributed by atoms with E-state index in [2.05, 4.69) is 24.1 Å². The fourth-order valence-electron chi connectivity index (χ4n) is 2.19. The predicted octanol–water partition coefficient (Wildman–Crippen LogP) is 2.63. The fraction of sp³-hybridized carbons (Fsp3) is 0.600. The quantitative estimate of drug-likeness (QED) is 0.856. The molecule has 4 nitrogen and oxygen atoms in total. The van der Waals surface area contributed by atoms with Gasteiger partial charge in [-0.2, -0.15) is 0 Å². The summed E-state index contributed by atoms with van der Waals surface area (Å²) in [5, 5.41) is 3.20. The van der Waals surface area contributed by atoms with E-state index in [1.807, 2.05) is 24.1 Å². The van der Waals surface area contributed by atoms with Crippen molar-refractivity contribution < 1.29 is 4.79 Å². The number of nitrogens with zero attached hydrogens (tertiary/aromatic N) is 2. The highest BCUT2D eigenvalue weighted by molar-refractivity contribution is 5.93. The van der Waals surface area contributed by atoms with Crippen LogP contribution in [0.5, 0.6) is 0 Å². The molecule has 0 bridgehead atoms. The number of hydrogen-bond acceptors (Lipinski definition) is 3. The minimum atomic E-state index is 0.0636. The van der Waals surface area contributed by atoms with E-state index in [1.54, 1.807) is 6.20 Å². The third-order valence-corrected chi connectivity index (χ3v) is 3.70. The minimum Gasteiger partial charge on any atom is -0.370 e. The van der Waals surface area contributed by atoms with Crippen molar-refractivity contribution in [2.45, 2.75) is 26.7 Å². The SMILES string of the molecule is CCCNc1ccc(C(=O)N(C)CC2CC2C)cn1. The molecule has 1 fully saturated rings. The standard InChI is InChI=1S/C15H23N3O/c1-4-7-16-14-6-5-12(9-17-14)15(19)18(3)10-13-8-11(13)2/h5-6,9,11,13H,4,7-8,10H2,1-3H3,(H,16,17). The average molecular weight is 261 g/mol. The van der Waals surface area contributed by atoms with Gasteiger partial charge in [-0.1, -0.05) is 13.8 Å². The maximum absolute atomic E-state index is 12.2. The molecule has 1 aromatic heterocycles. The van der Waals surface area contributed by atoms with Gasteiger partial charge >= 0.3 is 0 Å². The van der Waals surface area contributed by atoms with E-state index in [-0.39, 0.29) is 5.91 Å². The molecular weight excluding hydrogens is 238 g/mol. The lowest BCUT2D eigenvalue weighted by Crippen LogP contribution is -2.29. The van der Waals surface area contributed by atoms with Gasteiger partial charge in [0.25, 0.3) is 5.91 Å². The Morgan fingerprint density at radius 3 is 2.79 bits per heavy atom. The highest BCUT2D eigenvalue weighted by atomic mass is 16.2. The molecule has 2 rings (SSSR count). The molecule has 1 amide bonds. The molecule has 19 heavy (non-hydrogen) atoms. The van der Waals surface area contributed by atoms with Crippen molar-refractivity contribution in [3.63, 3.8) is 0 Å². The van der Waals surface area contributed by atoms with Crippen LogP contribution in [-0.4, -0.2) is 35.9 Å². The molecule has 0 aromatic carbocycles. The molecule has 1 saturated carbocycles. The van der Waals surface area contributed by atoms with E-state index < -0.39 is 0 Å². The summed E-state index contributed by atoms with van der Waals surface area (Å²) in [5.74, 6) is 2.35. The number of pyridine rings is 1. The molecule has 1 aliphatic rings. The Hall–Kier alpha value is -1.58. The van der Waals surface area contributed by atoms with Crippen LogP contribution in [0.1, 0.15) is 37.0 Å². The zero-order valence-corrected chi connectivity index (χ0v) is 12.0. The number of rotatable bonds is 6. The molecule has 1 N–H and O–H groups in total. The van der Waals surface area contributed by atoms with Crippen LogP contribution in [0.3, 0.4) is 0 Å². The summed E-state index contributed by atoms with van der Waals surface area (Å²) in [6, 6.07) is 3.72. The van der Waals surface area contributed by atoms with Crippen LogP contribution in [-0.2, 0) is 0 Å². The van der Waals surface area contributed by atoms with Crippen molar-refractivity contribution in [2.24, 2.45) is 11.8 Å². The van der Waals surface area contributed by atoms with Crippen LogP contribution >= 0.6 is 0 Å². The Morgan fingerprint density at radius 2 is 2.26 bits per heavy atom. The van der Waals surface area contributed by atoms with Gasteiger partial charge in [0.1, 0.15) is 5.82 Å². The molecule has 0 spiro atoms. The average Bonchev–Trinajstić information content (AvgIpc) is 3.11. The molecule has 1 heterocycles. The molecule has 2 atom stereocenters. The first-order valence-electron chi connectivity index (χ1n) is 7.07. The third-order valence-electron chi connectivity index (χ3n) is 3.70. The van der Waals surface area contributed by atoms with Crippen LogP contribution in [0.15, 0.2) is 18.3 Å². The van der Waals surface area contributed by atoms with Gasteiger partial charge < -0.3 is 10.2 Å². The number of aromatic nitrogens is 1. The van der Waals surface area contributed by atoms with Gasteiger partial charge in [0.15, 0.2) is 0 Å². The summed E-state index contributed by atoms with van der Waals surface area (Å²) in [5.41, 5.74) is 0.665. The van der Waals surface area contributed by atoms with Crippen LogP contribution in [0.2, 0.25) is 0 Å². The Balaban J connectivity index is 1.91. The lowest BCUT2D eigenvalue weighted by molar-refractivity contribution is 0.0786. The second kappa shape index (κ2) is 6.04. The van der Waals surface area contributed by atoms with Crippen molar-refractivity contribution >= 4 is 11.7 Å². The monoisotopic (exact) mass is 261 g/mol. The molecule has 2 unspecified atom stereocenters. The second-order valence-corrected chi connectivity index (χ2v) is 5.52. The van der Waals surface area contributed by atoms with Crippen molar-refractivity contribution in [1.82, 2.24) is 9.88 Å². The van der Waals surface area contributed by atoms with E-state index >= 15 is 0 Å². The number of carbonyl (C=O) groups is 1. The van der Waals surface area contributed by atoms with Gasteiger partial charge in [0.05, 0.1) is 5.56 Å². The maximum atomic E-state index is 12.2. The highest BCUT2D eigenvalue weighted by Gasteiger charge is 2.34. The molecule has 1 aliphatic carbocycles. The molecule has 1 aromatic rings. The largest absolute Gasteiger partial charge is 0.370 e. The summed E-state index contributed by atoms with van der Waals surface area (Å²) in [6.45, 7) is 6.10. The number of carbonyl (C=O) groups excluding carboxylic acids is 1. The first kappa shape index (κ1) is 13.8. The number of amides is 1. The third kappa shape index (κ3) is 3.69. The summed E-state index contributed by atoms with van der Waals surface area (Å²) in [7, 11) is 1.87. The number of nitrogens with one attached hydrogen (secondary N) is 1. The summed E-state index contributed by atoms with van der Waals surface area (Å²) in [4.78, 5) is 18.3. The van der Waals surface area contributed by atoms with Crippen molar-refractivity contribution in [3.05, 3.63) is 23.9 Å². The fourth-order valence-corrected chi connectivity index (χ4v) is 2.19. The van der Waals surface area contributed by atoms with Crippen molar-refractivity contribution in [3.8, 4) is 0 Å². The topological polar surface area (TPSA) is 45.2 Å². The molecule has 0 saturated heterocycles. The highest BCUT2D eigenvalue weighted by Crippen LogP contribution is 2.38. The second-order valence-electron chi connectivity index (χ2n) is 5.52. The van der Waals surface area contributed by atoms with Crippen molar-refractivity contribution in [1.29, 1.82) is 0 Å². The Kier molecular flexibility index (Phi) is 4.40. The first-order valence-corrected chi connectivity index (χ1v) is 7.07. The summed E-state index contributed by atoms with van der Waals surface area (Å²) in [6.07, 6.45) is 3.97. The van der Waals surface area contributed by atoms with Gasteiger partial charge in [-0.15, -0.1) is 0 Å². The first-order chi connectivity index (χ1) is 9.11. The van der Waals surface area contributed by atoms with E-state index in [9.17, 15) is 4.79 Å². The van der Waals surface area contributed by atoms with Crippen LogP contribution in [0.4, 0.5) is 5.82 Å². The normalized spacial score (nSPS) is 21.0. The molecular formula is C15H23N3O. The lowest BCUT2D eigenvalue weighted by Gasteiger charge is -2.17. The Labute approximate surface area is 115 Å². The number of hydrogen-bond donors (Lipinski definition) is 1. The van der Waals surface area contributed by atoms with Gasteiger partial charge in [0.2, 0.25) is 0 Å². The van der Waals surface area contributed by atoms with Crippen LogP contribution in [0.25, 0.3) is 0 Å². The van der Waals surface area contributed by atoms with Crippen molar-refractivity contribution in [2.75, 3.05) is 25.5 Å². The van der Waals surface area contributed by atoms with Gasteiger partial charge in [-0.25, -0.2) is 4.98 Å². The van der Waals surface area contributed by atoms with Crippen LogP contribution in [0, 0.1) is 11.8 Å². The molecule has 0 radical (unpaired) electrons. The predicted molar refractivity (Wildman–Crippen MR) is 77.2 cm³/mol. The maximum Gasteiger partial charge on any atom is 0.255 e. The molecule has 104 valence electrons. The Morgan fingerprint density at radius 1 is 1.53 bits per heavy atom. The smallest absolute Gasteiger partial charge is 0.255 e. The Bertz CT molecular complexity index is 430. The van der Waals surface area contributed by atoms with E-state index in [1.165, 1.54) is 6.42 Å². The number of anilines is 1. The van der Waals surface area contributed by atoms with Gasteiger partial charge in [-0.05, 0) is 36.8 Å². The zero-order valence-electron chi connectivity index (χ0n) is 12.0. The molecule has 4 heteroatoms. The van der Waals surface area contributed by atoms with Crippen LogP contribution < -0.4 is 5.32 Å². The summed E-state index contributed by atoms with van der Waals surface area (Å²) < 4.78 is 0. The van der Waals surface area contributed by atoms with Gasteiger partial charge in [0, 0.05) is 26.3 Å². The lowest BCUT2D eigenvalue weighted by atomic mass is 10.2. The minimum absolute atomic E-state index is 0.0636. The van der Waals surface area contributed by atoms with Gasteiger partial charge in [-0.3, -0.25) is 4.79 Å². The van der Waals surface area contributed by atoms with E-state index in [4.69, 9.17) is 0 Å². The van der Waals surface area contributed by atoms with E-state index in [0.29, 0.717) is 11.5 Å². The zero-order chi connectivity index (χ0) is 13.8.